The largest absolute Gasteiger partial charge is 0.481 e. The number of carbonyl (C=O) groups is 3. The number of rotatable bonds is 11. The number of amides is 1. The lowest BCUT2D eigenvalue weighted by Crippen LogP contribution is -2.67. The van der Waals surface area contributed by atoms with E-state index in [1.165, 1.54) is 0 Å². The molecule has 7 heteroatoms. The van der Waals surface area contributed by atoms with E-state index in [4.69, 9.17) is 4.74 Å². The maximum absolute atomic E-state index is 13.4. The summed E-state index contributed by atoms with van der Waals surface area (Å²) in [6.45, 7) is 4.02. The van der Waals surface area contributed by atoms with Crippen molar-refractivity contribution in [2.75, 3.05) is 0 Å². The van der Waals surface area contributed by atoms with Gasteiger partial charge in [0.15, 0.2) is 0 Å². The highest BCUT2D eigenvalue weighted by Crippen LogP contribution is 2.60. The first-order valence-corrected chi connectivity index (χ1v) is 11.4. The van der Waals surface area contributed by atoms with Gasteiger partial charge in [0.2, 0.25) is 5.91 Å². The molecular weight excluding hydrogens is 422 g/mol. The molecule has 0 unspecified atom stereocenters. The fourth-order valence-corrected chi connectivity index (χ4v) is 5.25. The van der Waals surface area contributed by atoms with Gasteiger partial charge in [0.25, 0.3) is 0 Å². The van der Waals surface area contributed by atoms with Crippen molar-refractivity contribution >= 4 is 17.8 Å². The van der Waals surface area contributed by atoms with E-state index in [0.717, 1.165) is 11.3 Å². The molecule has 1 saturated carbocycles. The molecule has 7 nitrogen and oxygen atoms in total. The summed E-state index contributed by atoms with van der Waals surface area (Å²) in [6.07, 6.45) is 2.12. The molecule has 4 atom stereocenters. The molecule has 0 heterocycles. The lowest BCUT2D eigenvalue weighted by molar-refractivity contribution is -0.200. The number of aliphatic carboxylic acids is 2. The first kappa shape index (κ1) is 24.3. The highest BCUT2D eigenvalue weighted by atomic mass is 16.5. The topological polar surface area (TPSA) is 113 Å². The Morgan fingerprint density at radius 3 is 2.09 bits per heavy atom. The lowest BCUT2D eigenvalue weighted by Gasteiger charge is -2.57. The van der Waals surface area contributed by atoms with Crippen LogP contribution in [-0.2, 0) is 20.9 Å². The smallest absolute Gasteiger partial charge is 0.308 e. The number of hydrogen-bond donors (Lipinski definition) is 3. The van der Waals surface area contributed by atoms with Crippen molar-refractivity contribution in [3.8, 4) is 11.5 Å². The molecule has 1 aliphatic rings. The monoisotopic (exact) mass is 453 g/mol. The van der Waals surface area contributed by atoms with Gasteiger partial charge in [-0.05, 0) is 48.6 Å². The predicted molar refractivity (Wildman–Crippen MR) is 123 cm³/mol. The third-order valence-electron chi connectivity index (χ3n) is 6.60. The van der Waals surface area contributed by atoms with Gasteiger partial charge in [-0.3, -0.25) is 14.4 Å². The van der Waals surface area contributed by atoms with E-state index >= 15 is 0 Å². The average molecular weight is 454 g/mol. The number of para-hydroxylation sites is 1. The van der Waals surface area contributed by atoms with Crippen molar-refractivity contribution in [3.05, 3.63) is 60.2 Å². The van der Waals surface area contributed by atoms with Crippen molar-refractivity contribution < 1.29 is 29.3 Å². The van der Waals surface area contributed by atoms with E-state index in [-0.39, 0.29) is 12.5 Å². The molecule has 0 bridgehead atoms. The van der Waals surface area contributed by atoms with Crippen LogP contribution in [-0.4, -0.2) is 28.1 Å². The van der Waals surface area contributed by atoms with E-state index < -0.39 is 35.1 Å². The zero-order valence-corrected chi connectivity index (χ0v) is 19.0. The number of carbonyl (C=O) groups excluding carboxylic acids is 1. The third kappa shape index (κ3) is 4.87. The van der Waals surface area contributed by atoms with E-state index in [9.17, 15) is 24.6 Å². The van der Waals surface area contributed by atoms with Crippen LogP contribution in [0.5, 0.6) is 11.5 Å². The Kier molecular flexibility index (Phi) is 7.74. The number of nitrogens with one attached hydrogen (secondary N) is 1. The maximum Gasteiger partial charge on any atom is 0.308 e. The summed E-state index contributed by atoms with van der Waals surface area (Å²) in [7, 11) is 0. The molecule has 1 fully saturated rings. The molecule has 1 aliphatic carbocycles. The minimum Gasteiger partial charge on any atom is -0.481 e. The fraction of sp³-hybridized carbons (Fsp3) is 0.423. The Morgan fingerprint density at radius 1 is 0.909 bits per heavy atom. The molecule has 0 aliphatic heterocycles. The number of benzene rings is 2. The third-order valence-corrected chi connectivity index (χ3v) is 6.60. The Hall–Kier alpha value is -3.35. The summed E-state index contributed by atoms with van der Waals surface area (Å²) in [5, 5.41) is 22.4. The second kappa shape index (κ2) is 10.5. The van der Waals surface area contributed by atoms with Crippen LogP contribution in [0.1, 0.15) is 45.1 Å². The number of carboxylic acids is 2. The molecule has 176 valence electrons. The van der Waals surface area contributed by atoms with Gasteiger partial charge < -0.3 is 20.3 Å². The normalized spacial score (nSPS) is 23.9. The van der Waals surface area contributed by atoms with Gasteiger partial charge in [-0.2, -0.15) is 0 Å². The van der Waals surface area contributed by atoms with Crippen molar-refractivity contribution in [2.45, 2.75) is 46.1 Å². The van der Waals surface area contributed by atoms with Gasteiger partial charge in [0, 0.05) is 6.54 Å². The van der Waals surface area contributed by atoms with Crippen LogP contribution in [0, 0.1) is 23.2 Å². The van der Waals surface area contributed by atoms with Crippen molar-refractivity contribution in [2.24, 2.45) is 23.2 Å². The highest BCUT2D eigenvalue weighted by Gasteiger charge is 2.69. The Labute approximate surface area is 193 Å². The molecule has 1 amide bonds. The van der Waals surface area contributed by atoms with Gasteiger partial charge in [-0.15, -0.1) is 0 Å². The summed E-state index contributed by atoms with van der Waals surface area (Å²) < 4.78 is 5.78. The van der Waals surface area contributed by atoms with Crippen LogP contribution in [0.4, 0.5) is 0 Å². The van der Waals surface area contributed by atoms with Crippen LogP contribution < -0.4 is 10.1 Å². The molecular formula is C26H31NO6. The quantitative estimate of drug-likeness (QED) is 0.454. The van der Waals surface area contributed by atoms with E-state index in [1.807, 2.05) is 56.3 Å². The second-order valence-electron chi connectivity index (χ2n) is 8.61. The minimum atomic E-state index is -1.23. The SMILES string of the molecule is CCC[C@H]1[C@@H](C(=O)O)[C@H](C(=O)O)[C@]1(CCC)C(=O)NCc1ccc(Oc2ccccc2)cc1. The van der Waals surface area contributed by atoms with Crippen LogP contribution in [0.25, 0.3) is 0 Å². The summed E-state index contributed by atoms with van der Waals surface area (Å²) >= 11 is 0. The average Bonchev–Trinajstić information content (AvgIpc) is 2.79. The standard InChI is InChI=1S/C26H31NO6/c1-3-8-20-21(23(28)29)22(24(30)31)26(20,15-4-2)25(32)27-16-17-11-13-19(14-12-17)33-18-9-6-5-7-10-18/h5-7,9-14,20-22H,3-4,8,15-16H2,1-2H3,(H,27,32)(H,28,29)(H,30,31)/t20-,21+,22+,26+/m0/s1. The van der Waals surface area contributed by atoms with Crippen molar-refractivity contribution in [1.29, 1.82) is 0 Å². The van der Waals surface area contributed by atoms with Gasteiger partial charge in [0.05, 0.1) is 17.3 Å². The van der Waals surface area contributed by atoms with Crippen LogP contribution in [0.3, 0.4) is 0 Å². The van der Waals surface area contributed by atoms with Crippen LogP contribution in [0.15, 0.2) is 54.6 Å². The van der Waals surface area contributed by atoms with Crippen LogP contribution >= 0.6 is 0 Å². The molecule has 2 aromatic carbocycles. The number of ether oxygens (including phenoxy) is 1. The Morgan fingerprint density at radius 2 is 1.55 bits per heavy atom. The summed E-state index contributed by atoms with van der Waals surface area (Å²) in [5.41, 5.74) is -0.376. The summed E-state index contributed by atoms with van der Waals surface area (Å²) in [4.78, 5) is 37.3. The lowest BCUT2D eigenvalue weighted by atomic mass is 9.43. The van der Waals surface area contributed by atoms with Gasteiger partial charge >= 0.3 is 11.9 Å². The second-order valence-corrected chi connectivity index (χ2v) is 8.61. The van der Waals surface area contributed by atoms with E-state index in [2.05, 4.69) is 5.32 Å². The predicted octanol–water partition coefficient (Wildman–Crippen LogP) is 4.71. The highest BCUT2D eigenvalue weighted by molar-refractivity contribution is 5.95. The molecule has 0 spiro atoms. The summed E-state index contributed by atoms with van der Waals surface area (Å²) in [5.74, 6) is -4.13. The number of carboxylic acid groups (broad SMARTS) is 2. The molecule has 0 radical (unpaired) electrons. The van der Waals surface area contributed by atoms with Gasteiger partial charge in [-0.25, -0.2) is 0 Å². The van der Waals surface area contributed by atoms with Gasteiger partial charge in [-0.1, -0.05) is 57.0 Å². The van der Waals surface area contributed by atoms with Gasteiger partial charge in [0.1, 0.15) is 11.5 Å². The molecule has 3 rings (SSSR count). The number of hydrogen-bond acceptors (Lipinski definition) is 4. The Bertz CT molecular complexity index is 974. The first-order chi connectivity index (χ1) is 15.8. The Balaban J connectivity index is 1.74. The first-order valence-electron chi connectivity index (χ1n) is 11.4. The molecule has 2 aromatic rings. The molecule has 0 aromatic heterocycles. The van der Waals surface area contributed by atoms with Crippen molar-refractivity contribution in [3.63, 3.8) is 0 Å². The fourth-order valence-electron chi connectivity index (χ4n) is 5.25. The molecule has 3 N–H and O–H groups in total. The zero-order valence-electron chi connectivity index (χ0n) is 19.0. The van der Waals surface area contributed by atoms with E-state index in [1.54, 1.807) is 12.1 Å². The van der Waals surface area contributed by atoms with E-state index in [0.29, 0.717) is 31.4 Å². The molecule has 33 heavy (non-hydrogen) atoms. The maximum atomic E-state index is 13.4. The van der Waals surface area contributed by atoms with Crippen molar-refractivity contribution in [1.82, 2.24) is 5.32 Å². The molecule has 0 saturated heterocycles. The summed E-state index contributed by atoms with van der Waals surface area (Å²) in [6, 6.07) is 16.7. The minimum absolute atomic E-state index is 0.221. The van der Waals surface area contributed by atoms with Crippen LogP contribution in [0.2, 0.25) is 0 Å². The zero-order chi connectivity index (χ0) is 24.0.